The van der Waals surface area contributed by atoms with E-state index in [9.17, 15) is 9.18 Å². The fraction of sp³-hybridized carbons (Fsp3) is 0.231. The number of aromatic nitrogens is 2. The van der Waals surface area contributed by atoms with Crippen LogP contribution in [0.2, 0.25) is 5.02 Å². The second-order valence-corrected chi connectivity index (χ2v) is 5.26. The van der Waals surface area contributed by atoms with Gasteiger partial charge in [0.15, 0.2) is 0 Å². The van der Waals surface area contributed by atoms with E-state index in [1.54, 1.807) is 9.69 Å². The normalized spacial score (nSPS) is 15.0. The Morgan fingerprint density at radius 1 is 1.38 bits per heavy atom. The summed E-state index contributed by atoms with van der Waals surface area (Å²) in [4.78, 5) is 11.8. The van der Waals surface area contributed by atoms with Crippen molar-refractivity contribution >= 4 is 17.5 Å². The number of hydrazine groups is 1. The smallest absolute Gasteiger partial charge is 0.252 e. The van der Waals surface area contributed by atoms with Gasteiger partial charge in [0.2, 0.25) is 0 Å². The molecule has 3 rings (SSSR count). The molecule has 1 aromatic heterocycles. The molecule has 1 aromatic carbocycles. The van der Waals surface area contributed by atoms with Crippen LogP contribution in [-0.2, 0) is 13.1 Å². The van der Waals surface area contributed by atoms with Gasteiger partial charge in [0.1, 0.15) is 11.5 Å². The third-order valence-corrected chi connectivity index (χ3v) is 3.74. The lowest BCUT2D eigenvalue weighted by molar-refractivity contribution is 0.0997. The first-order valence-corrected chi connectivity index (χ1v) is 6.69. The number of rotatable bonds is 2. The van der Waals surface area contributed by atoms with E-state index in [-0.39, 0.29) is 5.02 Å². The summed E-state index contributed by atoms with van der Waals surface area (Å²) in [5, 5.41) is 5.96. The van der Waals surface area contributed by atoms with Crippen molar-refractivity contribution in [2.24, 2.45) is 11.6 Å². The van der Waals surface area contributed by atoms with E-state index in [0.29, 0.717) is 42.1 Å². The highest BCUT2D eigenvalue weighted by Gasteiger charge is 2.26. The van der Waals surface area contributed by atoms with Crippen molar-refractivity contribution in [3.8, 4) is 11.3 Å². The summed E-state index contributed by atoms with van der Waals surface area (Å²) in [6.07, 6.45) is 0. The van der Waals surface area contributed by atoms with Crippen molar-refractivity contribution in [3.63, 3.8) is 0 Å². The zero-order valence-corrected chi connectivity index (χ0v) is 11.8. The van der Waals surface area contributed by atoms with Crippen LogP contribution in [0, 0.1) is 5.82 Å². The molecule has 0 saturated carbocycles. The van der Waals surface area contributed by atoms with E-state index in [1.807, 2.05) is 0 Å². The number of benzene rings is 1. The average molecular weight is 310 g/mol. The number of nitrogens with two attached hydrogens (primary N) is 2. The van der Waals surface area contributed by atoms with Gasteiger partial charge < -0.3 is 5.73 Å². The topological polar surface area (TPSA) is 90.2 Å². The summed E-state index contributed by atoms with van der Waals surface area (Å²) in [5.74, 6) is 4.66. The molecule has 8 heteroatoms. The summed E-state index contributed by atoms with van der Waals surface area (Å²) in [7, 11) is 0. The van der Waals surface area contributed by atoms with E-state index in [2.05, 4.69) is 5.10 Å². The maximum atomic E-state index is 13.3. The van der Waals surface area contributed by atoms with E-state index >= 15 is 0 Å². The summed E-state index contributed by atoms with van der Waals surface area (Å²) >= 11 is 5.79. The standard InChI is InChI=1S/C13H13ClFN5O/c14-8-5-7(1-2-9(8)15)12-11(13(16)21)10-6-19(17)3-4-20(10)18-12/h1-2,5H,3-4,6,17H2,(H2,16,21). The van der Waals surface area contributed by atoms with Crippen LogP contribution in [0.15, 0.2) is 18.2 Å². The van der Waals surface area contributed by atoms with Gasteiger partial charge in [-0.15, -0.1) is 0 Å². The van der Waals surface area contributed by atoms with E-state index in [0.717, 1.165) is 0 Å². The molecule has 0 fully saturated rings. The zero-order chi connectivity index (χ0) is 15.1. The molecule has 0 unspecified atom stereocenters. The summed E-state index contributed by atoms with van der Waals surface area (Å²) in [6, 6.07) is 4.18. The Morgan fingerprint density at radius 2 is 2.14 bits per heavy atom. The number of nitrogens with zero attached hydrogens (tertiary/aromatic N) is 3. The molecule has 0 atom stereocenters. The van der Waals surface area contributed by atoms with Crippen molar-refractivity contribution in [2.45, 2.75) is 13.1 Å². The number of primary amides is 1. The maximum Gasteiger partial charge on any atom is 0.252 e. The van der Waals surface area contributed by atoms with Crippen LogP contribution in [0.4, 0.5) is 4.39 Å². The van der Waals surface area contributed by atoms with Gasteiger partial charge in [-0.05, 0) is 18.2 Å². The fourth-order valence-corrected chi connectivity index (χ4v) is 2.62. The Kier molecular flexibility index (Phi) is 3.40. The molecule has 4 N–H and O–H groups in total. The number of amides is 1. The van der Waals surface area contributed by atoms with Gasteiger partial charge in [-0.25, -0.2) is 9.40 Å². The minimum absolute atomic E-state index is 0.0330. The molecule has 2 heterocycles. The fourth-order valence-electron chi connectivity index (χ4n) is 2.44. The van der Waals surface area contributed by atoms with Crippen molar-refractivity contribution in [1.29, 1.82) is 0 Å². The lowest BCUT2D eigenvalue weighted by atomic mass is 10.0. The molecule has 21 heavy (non-hydrogen) atoms. The summed E-state index contributed by atoms with van der Waals surface area (Å²) < 4.78 is 15.0. The van der Waals surface area contributed by atoms with Crippen LogP contribution >= 0.6 is 11.6 Å². The Bertz CT molecular complexity index is 730. The van der Waals surface area contributed by atoms with E-state index in [4.69, 9.17) is 23.2 Å². The van der Waals surface area contributed by atoms with Gasteiger partial charge >= 0.3 is 0 Å². The predicted molar refractivity (Wildman–Crippen MR) is 75.7 cm³/mol. The van der Waals surface area contributed by atoms with Crippen LogP contribution in [0.25, 0.3) is 11.3 Å². The van der Waals surface area contributed by atoms with E-state index < -0.39 is 11.7 Å². The Hall–Kier alpha value is -1.96. The van der Waals surface area contributed by atoms with Crippen LogP contribution in [0.3, 0.4) is 0 Å². The summed E-state index contributed by atoms with van der Waals surface area (Å²) in [6.45, 7) is 1.55. The van der Waals surface area contributed by atoms with Crippen molar-refractivity contribution in [1.82, 2.24) is 14.8 Å². The SMILES string of the molecule is NC(=O)c1c(-c2ccc(F)c(Cl)c2)nn2c1CN(N)CC2. The second-order valence-electron chi connectivity index (χ2n) is 4.86. The Morgan fingerprint density at radius 3 is 2.81 bits per heavy atom. The lowest BCUT2D eigenvalue weighted by Crippen LogP contribution is -2.39. The first-order valence-electron chi connectivity index (χ1n) is 6.32. The molecule has 2 aromatic rings. The molecule has 1 aliphatic heterocycles. The number of hydrogen-bond donors (Lipinski definition) is 2. The molecular weight excluding hydrogens is 297 g/mol. The lowest BCUT2D eigenvalue weighted by Gasteiger charge is -2.23. The molecular formula is C13H13ClFN5O. The van der Waals surface area contributed by atoms with Crippen molar-refractivity contribution < 1.29 is 9.18 Å². The predicted octanol–water partition coefficient (Wildman–Crippen LogP) is 1.13. The molecule has 6 nitrogen and oxygen atoms in total. The van der Waals surface area contributed by atoms with Gasteiger partial charge in [-0.2, -0.15) is 5.10 Å². The molecule has 0 aliphatic carbocycles. The number of carbonyl (C=O) groups is 1. The van der Waals surface area contributed by atoms with Crippen LogP contribution in [-0.4, -0.2) is 27.2 Å². The van der Waals surface area contributed by atoms with Gasteiger partial charge in [0, 0.05) is 12.1 Å². The zero-order valence-electron chi connectivity index (χ0n) is 11.0. The molecule has 110 valence electrons. The van der Waals surface area contributed by atoms with E-state index in [1.165, 1.54) is 18.2 Å². The third-order valence-electron chi connectivity index (χ3n) is 3.45. The maximum absolute atomic E-state index is 13.3. The highest BCUT2D eigenvalue weighted by molar-refractivity contribution is 6.31. The number of fused-ring (bicyclic) bond motifs is 1. The number of carbonyl (C=O) groups excluding carboxylic acids is 1. The molecule has 0 bridgehead atoms. The quantitative estimate of drug-likeness (QED) is 0.814. The highest BCUT2D eigenvalue weighted by atomic mass is 35.5. The van der Waals surface area contributed by atoms with Gasteiger partial charge in [0.25, 0.3) is 5.91 Å². The minimum Gasteiger partial charge on any atom is -0.365 e. The Balaban J connectivity index is 2.18. The third kappa shape index (κ3) is 2.39. The highest BCUT2D eigenvalue weighted by Crippen LogP contribution is 2.30. The van der Waals surface area contributed by atoms with Gasteiger partial charge in [0.05, 0.1) is 29.4 Å². The monoisotopic (exact) mass is 309 g/mol. The van der Waals surface area contributed by atoms with Crippen molar-refractivity contribution in [2.75, 3.05) is 6.54 Å². The summed E-state index contributed by atoms with van der Waals surface area (Å²) in [5.41, 5.74) is 7.37. The van der Waals surface area contributed by atoms with Crippen LogP contribution < -0.4 is 11.6 Å². The van der Waals surface area contributed by atoms with Crippen molar-refractivity contribution in [3.05, 3.63) is 40.3 Å². The first-order chi connectivity index (χ1) is 9.97. The largest absolute Gasteiger partial charge is 0.365 e. The molecule has 1 amide bonds. The second kappa shape index (κ2) is 5.10. The van der Waals surface area contributed by atoms with Crippen LogP contribution in [0.5, 0.6) is 0 Å². The first kappa shape index (κ1) is 14.0. The molecule has 1 aliphatic rings. The minimum atomic E-state index is -0.595. The van der Waals surface area contributed by atoms with Crippen LogP contribution in [0.1, 0.15) is 16.1 Å². The molecule has 0 saturated heterocycles. The average Bonchev–Trinajstić information content (AvgIpc) is 2.80. The Labute approximate surface area is 125 Å². The number of hydrogen-bond acceptors (Lipinski definition) is 4. The molecule has 0 radical (unpaired) electrons. The molecule has 0 spiro atoms. The van der Waals surface area contributed by atoms with Gasteiger partial charge in [-0.3, -0.25) is 15.3 Å². The van der Waals surface area contributed by atoms with Gasteiger partial charge in [-0.1, -0.05) is 11.6 Å². The number of halogens is 2.